The number of benzene rings is 1. The average molecular weight is 348 g/mol. The minimum atomic E-state index is -1.10. The SMILES string of the molecule is CCCCC(N)(C(=O)O)C1CCN(C2CCc3cc(F)ccc32)CC1. The van der Waals surface area contributed by atoms with Crippen molar-refractivity contribution >= 4 is 5.97 Å². The molecule has 2 unspecified atom stereocenters. The molecule has 1 aromatic rings. The predicted molar refractivity (Wildman–Crippen MR) is 95.8 cm³/mol. The molecule has 4 nitrogen and oxygen atoms in total. The Balaban J connectivity index is 1.65. The van der Waals surface area contributed by atoms with Crippen molar-refractivity contribution in [3.63, 3.8) is 0 Å². The van der Waals surface area contributed by atoms with Crippen molar-refractivity contribution in [2.45, 2.75) is 63.5 Å². The highest BCUT2D eigenvalue weighted by Gasteiger charge is 2.43. The Labute approximate surface area is 149 Å². The number of unbranched alkanes of at least 4 members (excludes halogenated alkanes) is 1. The van der Waals surface area contributed by atoms with Gasteiger partial charge in [-0.2, -0.15) is 0 Å². The van der Waals surface area contributed by atoms with Gasteiger partial charge in [0.05, 0.1) is 0 Å². The van der Waals surface area contributed by atoms with Crippen molar-refractivity contribution < 1.29 is 14.3 Å². The number of halogens is 1. The maximum Gasteiger partial charge on any atom is 0.323 e. The lowest BCUT2D eigenvalue weighted by Gasteiger charge is -2.42. The number of carboxylic acids is 1. The Morgan fingerprint density at radius 1 is 1.36 bits per heavy atom. The van der Waals surface area contributed by atoms with E-state index in [0.717, 1.165) is 57.2 Å². The second-order valence-electron chi connectivity index (χ2n) is 7.66. The van der Waals surface area contributed by atoms with Crippen LogP contribution in [0.2, 0.25) is 0 Å². The van der Waals surface area contributed by atoms with Gasteiger partial charge in [-0.25, -0.2) is 4.39 Å². The van der Waals surface area contributed by atoms with Gasteiger partial charge in [-0.15, -0.1) is 0 Å². The fourth-order valence-electron chi connectivity index (χ4n) is 4.62. The van der Waals surface area contributed by atoms with Crippen LogP contribution in [-0.2, 0) is 11.2 Å². The molecule has 1 aliphatic heterocycles. The molecule has 1 heterocycles. The summed E-state index contributed by atoms with van der Waals surface area (Å²) in [6, 6.07) is 5.45. The van der Waals surface area contributed by atoms with Crippen molar-refractivity contribution in [3.05, 3.63) is 35.1 Å². The normalized spacial score (nSPS) is 24.0. The lowest BCUT2D eigenvalue weighted by Crippen LogP contribution is -2.57. The molecule has 1 fully saturated rings. The molecule has 1 aromatic carbocycles. The number of carbonyl (C=O) groups is 1. The van der Waals surface area contributed by atoms with Crippen molar-refractivity contribution in [1.29, 1.82) is 0 Å². The predicted octanol–water partition coefficient (Wildman–Crippen LogP) is 3.50. The largest absolute Gasteiger partial charge is 0.480 e. The van der Waals surface area contributed by atoms with Gasteiger partial charge in [-0.1, -0.05) is 25.8 Å². The molecule has 0 amide bonds. The molecule has 2 aliphatic rings. The summed E-state index contributed by atoms with van der Waals surface area (Å²) >= 11 is 0. The van der Waals surface area contributed by atoms with Gasteiger partial charge in [0.25, 0.3) is 0 Å². The van der Waals surface area contributed by atoms with Crippen LogP contribution in [0.5, 0.6) is 0 Å². The van der Waals surface area contributed by atoms with Crippen LogP contribution in [0, 0.1) is 11.7 Å². The summed E-state index contributed by atoms with van der Waals surface area (Å²) in [4.78, 5) is 14.2. The molecule has 3 rings (SSSR count). The lowest BCUT2D eigenvalue weighted by molar-refractivity contribution is -0.147. The van der Waals surface area contributed by atoms with Crippen molar-refractivity contribution in [2.24, 2.45) is 11.7 Å². The van der Waals surface area contributed by atoms with Crippen LogP contribution >= 0.6 is 0 Å². The fraction of sp³-hybridized carbons (Fsp3) is 0.650. The van der Waals surface area contributed by atoms with Gasteiger partial charge in [-0.3, -0.25) is 9.69 Å². The number of rotatable bonds is 6. The van der Waals surface area contributed by atoms with E-state index in [1.807, 2.05) is 6.07 Å². The van der Waals surface area contributed by atoms with Gasteiger partial charge in [0.1, 0.15) is 11.4 Å². The minimum absolute atomic E-state index is 0.0295. The summed E-state index contributed by atoms with van der Waals surface area (Å²) in [7, 11) is 0. The van der Waals surface area contributed by atoms with Gasteiger partial charge in [0, 0.05) is 6.04 Å². The molecule has 25 heavy (non-hydrogen) atoms. The van der Waals surface area contributed by atoms with Crippen molar-refractivity contribution in [3.8, 4) is 0 Å². The zero-order chi connectivity index (χ0) is 18.0. The van der Waals surface area contributed by atoms with E-state index in [1.165, 1.54) is 5.56 Å². The maximum absolute atomic E-state index is 13.4. The Hall–Kier alpha value is -1.46. The first-order valence-corrected chi connectivity index (χ1v) is 9.50. The third-order valence-electron chi connectivity index (χ3n) is 6.19. The number of piperidine rings is 1. The van der Waals surface area contributed by atoms with Gasteiger partial charge >= 0.3 is 5.97 Å². The first-order valence-electron chi connectivity index (χ1n) is 9.50. The number of carboxylic acid groups (broad SMARTS) is 1. The van der Waals surface area contributed by atoms with Gasteiger partial charge in [0.2, 0.25) is 0 Å². The van der Waals surface area contributed by atoms with E-state index in [1.54, 1.807) is 12.1 Å². The molecule has 1 aliphatic carbocycles. The van der Waals surface area contributed by atoms with Crippen molar-refractivity contribution in [2.75, 3.05) is 13.1 Å². The van der Waals surface area contributed by atoms with Crippen LogP contribution in [0.1, 0.15) is 62.6 Å². The Bertz CT molecular complexity index is 628. The highest BCUT2D eigenvalue weighted by atomic mass is 19.1. The molecular weight excluding hydrogens is 319 g/mol. The van der Waals surface area contributed by atoms with Crippen LogP contribution in [0.3, 0.4) is 0 Å². The summed E-state index contributed by atoms with van der Waals surface area (Å²) in [5.41, 5.74) is 7.59. The van der Waals surface area contributed by atoms with E-state index in [0.29, 0.717) is 12.5 Å². The van der Waals surface area contributed by atoms with Crippen molar-refractivity contribution in [1.82, 2.24) is 4.90 Å². The first kappa shape index (κ1) is 18.3. The quantitative estimate of drug-likeness (QED) is 0.826. The van der Waals surface area contributed by atoms with Crippen LogP contribution < -0.4 is 5.73 Å². The molecule has 0 saturated carbocycles. The fourth-order valence-corrected chi connectivity index (χ4v) is 4.62. The van der Waals surface area contributed by atoms with E-state index >= 15 is 0 Å². The zero-order valence-corrected chi connectivity index (χ0v) is 15.0. The van der Waals surface area contributed by atoms with E-state index in [4.69, 9.17) is 5.73 Å². The van der Waals surface area contributed by atoms with Crippen LogP contribution in [0.15, 0.2) is 18.2 Å². The van der Waals surface area contributed by atoms with E-state index < -0.39 is 11.5 Å². The monoisotopic (exact) mass is 348 g/mol. The topological polar surface area (TPSA) is 66.6 Å². The van der Waals surface area contributed by atoms with Crippen LogP contribution in [0.25, 0.3) is 0 Å². The number of aryl methyl sites for hydroxylation is 1. The second-order valence-corrected chi connectivity index (χ2v) is 7.66. The number of aliphatic carboxylic acids is 1. The Morgan fingerprint density at radius 2 is 2.08 bits per heavy atom. The second kappa shape index (κ2) is 7.42. The molecule has 138 valence electrons. The highest BCUT2D eigenvalue weighted by molar-refractivity contribution is 5.79. The summed E-state index contributed by atoms with van der Waals surface area (Å²) in [5, 5.41) is 9.67. The number of fused-ring (bicyclic) bond motifs is 1. The Kier molecular flexibility index (Phi) is 5.44. The summed E-state index contributed by atoms with van der Waals surface area (Å²) < 4.78 is 13.4. The molecule has 0 spiro atoms. The molecule has 2 atom stereocenters. The standard InChI is InChI=1S/C20H29FN2O2/c1-2-3-10-20(22,19(24)25)15-8-11-23(12-9-15)18-7-4-14-13-16(21)5-6-17(14)18/h5-6,13,15,18H,2-4,7-12,22H2,1H3,(H,24,25). The molecule has 1 saturated heterocycles. The van der Waals surface area contributed by atoms with Gasteiger partial charge in [0.15, 0.2) is 0 Å². The van der Waals surface area contributed by atoms with Crippen LogP contribution in [-0.4, -0.2) is 34.6 Å². The smallest absolute Gasteiger partial charge is 0.323 e. The molecule has 0 bridgehead atoms. The number of nitrogens with two attached hydrogens (primary N) is 1. The average Bonchev–Trinajstić information content (AvgIpc) is 3.02. The minimum Gasteiger partial charge on any atom is -0.480 e. The zero-order valence-electron chi connectivity index (χ0n) is 15.0. The number of hydrogen-bond acceptors (Lipinski definition) is 3. The first-order chi connectivity index (χ1) is 12.0. The van der Waals surface area contributed by atoms with Gasteiger partial charge in [-0.05, 0) is 74.4 Å². The molecule has 0 aromatic heterocycles. The summed E-state index contributed by atoms with van der Waals surface area (Å²) in [6.07, 6.45) is 5.94. The molecular formula is C20H29FN2O2. The van der Waals surface area contributed by atoms with Crippen LogP contribution in [0.4, 0.5) is 4.39 Å². The molecule has 3 N–H and O–H groups in total. The van der Waals surface area contributed by atoms with Gasteiger partial charge < -0.3 is 10.8 Å². The summed E-state index contributed by atoms with van der Waals surface area (Å²) in [5.74, 6) is -0.994. The highest BCUT2D eigenvalue weighted by Crippen LogP contribution is 2.40. The number of hydrogen-bond donors (Lipinski definition) is 2. The molecule has 0 radical (unpaired) electrons. The molecule has 5 heteroatoms. The summed E-state index contributed by atoms with van der Waals surface area (Å²) in [6.45, 7) is 3.79. The van der Waals surface area contributed by atoms with E-state index in [-0.39, 0.29) is 11.7 Å². The lowest BCUT2D eigenvalue weighted by atomic mass is 9.75. The third kappa shape index (κ3) is 3.58. The number of likely N-dealkylation sites (tertiary alicyclic amines) is 1. The van der Waals surface area contributed by atoms with E-state index in [9.17, 15) is 14.3 Å². The van der Waals surface area contributed by atoms with E-state index in [2.05, 4.69) is 11.8 Å². The third-order valence-corrected chi connectivity index (χ3v) is 6.19. The Morgan fingerprint density at radius 3 is 2.72 bits per heavy atom. The maximum atomic E-state index is 13.4. The number of nitrogens with zero attached hydrogens (tertiary/aromatic N) is 1.